The summed E-state index contributed by atoms with van der Waals surface area (Å²) < 4.78 is 16.2. The second-order valence-corrected chi connectivity index (χ2v) is 8.88. The maximum Gasteiger partial charge on any atom is 0.500 e. The lowest BCUT2D eigenvalue weighted by Crippen LogP contribution is -2.43. The lowest BCUT2D eigenvalue weighted by atomic mass is 10.0. The van der Waals surface area contributed by atoms with Crippen molar-refractivity contribution in [3.05, 3.63) is 48.0 Å². The average Bonchev–Trinajstić information content (AvgIpc) is 2.61. The summed E-state index contributed by atoms with van der Waals surface area (Å²) in [5.74, 6) is 0. The van der Waals surface area contributed by atoms with Crippen molar-refractivity contribution in [1.29, 1.82) is 0 Å². The summed E-state index contributed by atoms with van der Waals surface area (Å²) >= 11 is 0. The van der Waals surface area contributed by atoms with Crippen LogP contribution in [0.5, 0.6) is 0 Å². The van der Waals surface area contributed by atoms with E-state index in [-0.39, 0.29) is 6.04 Å². The molecule has 24 heavy (non-hydrogen) atoms. The third kappa shape index (κ3) is 6.84. The predicted octanol–water partition coefficient (Wildman–Crippen LogP) is 2.75. The molecular formula is C18H32N2O3Si. The fourth-order valence-corrected chi connectivity index (χ4v) is 4.36. The first-order valence-electron chi connectivity index (χ1n) is 8.38. The van der Waals surface area contributed by atoms with Crippen molar-refractivity contribution in [3.63, 3.8) is 0 Å². The Morgan fingerprint density at radius 2 is 1.67 bits per heavy atom. The SMILES string of the molecule is C=C(C)C(NCCNCCC[Si](OC)(OC)OC)c1ccccc1. The van der Waals surface area contributed by atoms with Crippen LogP contribution in [0, 0.1) is 0 Å². The summed E-state index contributed by atoms with van der Waals surface area (Å²) in [5, 5.41) is 6.99. The van der Waals surface area contributed by atoms with E-state index in [1.807, 2.05) is 6.07 Å². The van der Waals surface area contributed by atoms with E-state index < -0.39 is 8.80 Å². The van der Waals surface area contributed by atoms with E-state index in [4.69, 9.17) is 13.3 Å². The van der Waals surface area contributed by atoms with Crippen LogP contribution in [0.4, 0.5) is 0 Å². The molecular weight excluding hydrogens is 320 g/mol. The zero-order valence-electron chi connectivity index (χ0n) is 15.4. The van der Waals surface area contributed by atoms with E-state index in [2.05, 4.69) is 48.4 Å². The van der Waals surface area contributed by atoms with E-state index in [1.165, 1.54) is 5.56 Å². The number of benzene rings is 1. The van der Waals surface area contributed by atoms with Crippen molar-refractivity contribution < 1.29 is 13.3 Å². The lowest BCUT2D eigenvalue weighted by molar-refractivity contribution is 0.123. The molecule has 0 aliphatic rings. The number of rotatable bonds is 13. The molecule has 0 aliphatic carbocycles. The van der Waals surface area contributed by atoms with Gasteiger partial charge in [-0.3, -0.25) is 0 Å². The summed E-state index contributed by atoms with van der Waals surface area (Å²) in [6.45, 7) is 8.85. The smallest absolute Gasteiger partial charge is 0.377 e. The van der Waals surface area contributed by atoms with Crippen molar-refractivity contribution >= 4 is 8.80 Å². The number of hydrogen-bond donors (Lipinski definition) is 2. The number of hydrogen-bond acceptors (Lipinski definition) is 5. The van der Waals surface area contributed by atoms with Crippen LogP contribution >= 0.6 is 0 Å². The fraction of sp³-hybridized carbons (Fsp3) is 0.556. The Hall–Kier alpha value is -1.02. The highest BCUT2D eigenvalue weighted by atomic mass is 28.4. The van der Waals surface area contributed by atoms with Crippen LogP contribution in [0.1, 0.15) is 24.9 Å². The molecule has 0 spiro atoms. The van der Waals surface area contributed by atoms with Crippen LogP contribution in [0.15, 0.2) is 42.5 Å². The van der Waals surface area contributed by atoms with Crippen LogP contribution in [0.25, 0.3) is 0 Å². The standard InChI is InChI=1S/C18H32N2O3Si/c1-16(2)18(17-10-7-6-8-11-17)20-14-13-19-12-9-15-24(21-3,22-4)23-5/h6-8,10-11,18-20H,1,9,12-15H2,2-5H3. The van der Waals surface area contributed by atoms with Crippen LogP contribution < -0.4 is 10.6 Å². The van der Waals surface area contributed by atoms with Gasteiger partial charge in [0.25, 0.3) is 0 Å². The van der Waals surface area contributed by atoms with Crippen LogP contribution in [-0.4, -0.2) is 49.8 Å². The Morgan fingerprint density at radius 3 is 2.21 bits per heavy atom. The Labute approximate surface area is 147 Å². The topological polar surface area (TPSA) is 51.8 Å². The van der Waals surface area contributed by atoms with E-state index in [0.717, 1.165) is 37.7 Å². The minimum absolute atomic E-state index is 0.198. The second kappa shape index (κ2) is 11.5. The van der Waals surface area contributed by atoms with Crippen molar-refractivity contribution in [3.8, 4) is 0 Å². The van der Waals surface area contributed by atoms with Gasteiger partial charge in [0.2, 0.25) is 0 Å². The summed E-state index contributed by atoms with van der Waals surface area (Å²) in [6, 6.07) is 11.4. The maximum atomic E-state index is 5.42. The van der Waals surface area contributed by atoms with Crippen LogP contribution in [0.2, 0.25) is 6.04 Å². The Balaban J connectivity index is 2.24. The van der Waals surface area contributed by atoms with Crippen LogP contribution in [0.3, 0.4) is 0 Å². The van der Waals surface area contributed by atoms with Gasteiger partial charge in [-0.05, 0) is 25.5 Å². The van der Waals surface area contributed by atoms with Gasteiger partial charge in [0.1, 0.15) is 0 Å². The molecule has 0 radical (unpaired) electrons. The molecule has 0 aromatic heterocycles. The highest BCUT2D eigenvalue weighted by Crippen LogP contribution is 2.19. The largest absolute Gasteiger partial charge is 0.500 e. The third-order valence-corrected chi connectivity index (χ3v) is 6.88. The molecule has 0 heterocycles. The lowest BCUT2D eigenvalue weighted by Gasteiger charge is -2.24. The van der Waals surface area contributed by atoms with Crippen molar-refractivity contribution in [2.24, 2.45) is 0 Å². The molecule has 1 rings (SSSR count). The molecule has 6 heteroatoms. The Bertz CT molecular complexity index is 458. The predicted molar refractivity (Wildman–Crippen MR) is 101 cm³/mol. The van der Waals surface area contributed by atoms with Crippen LogP contribution in [-0.2, 0) is 13.3 Å². The van der Waals surface area contributed by atoms with Gasteiger partial charge >= 0.3 is 8.80 Å². The Kier molecular flexibility index (Phi) is 10.1. The van der Waals surface area contributed by atoms with Gasteiger partial charge in [-0.2, -0.15) is 0 Å². The molecule has 1 aromatic rings. The zero-order valence-corrected chi connectivity index (χ0v) is 16.4. The summed E-state index contributed by atoms with van der Waals surface area (Å²) in [4.78, 5) is 0. The van der Waals surface area contributed by atoms with E-state index in [1.54, 1.807) is 21.3 Å². The van der Waals surface area contributed by atoms with Crippen molar-refractivity contribution in [2.45, 2.75) is 25.4 Å². The van der Waals surface area contributed by atoms with Gasteiger partial charge in [-0.1, -0.05) is 42.5 Å². The minimum atomic E-state index is -2.43. The maximum absolute atomic E-state index is 5.42. The molecule has 1 unspecified atom stereocenters. The molecule has 0 aliphatic heterocycles. The van der Waals surface area contributed by atoms with Crippen molar-refractivity contribution in [2.75, 3.05) is 41.0 Å². The molecule has 0 bridgehead atoms. The molecule has 5 nitrogen and oxygen atoms in total. The van der Waals surface area contributed by atoms with Gasteiger partial charge in [0.05, 0.1) is 6.04 Å². The zero-order chi connectivity index (χ0) is 17.8. The van der Waals surface area contributed by atoms with Crippen molar-refractivity contribution in [1.82, 2.24) is 10.6 Å². The molecule has 0 amide bonds. The molecule has 0 saturated carbocycles. The minimum Gasteiger partial charge on any atom is -0.377 e. The molecule has 136 valence electrons. The fourth-order valence-electron chi connectivity index (χ4n) is 2.64. The molecule has 2 N–H and O–H groups in total. The third-order valence-electron chi connectivity index (χ3n) is 4.05. The summed E-state index contributed by atoms with van der Waals surface area (Å²) in [5.41, 5.74) is 2.37. The van der Waals surface area contributed by atoms with Gasteiger partial charge in [-0.15, -0.1) is 0 Å². The van der Waals surface area contributed by atoms with E-state index in [9.17, 15) is 0 Å². The molecule has 1 atom stereocenters. The molecule has 1 aromatic carbocycles. The first-order valence-corrected chi connectivity index (χ1v) is 10.3. The van der Waals surface area contributed by atoms with Gasteiger partial charge < -0.3 is 23.9 Å². The first-order chi connectivity index (χ1) is 11.6. The van der Waals surface area contributed by atoms with E-state index >= 15 is 0 Å². The normalized spacial score (nSPS) is 13.0. The van der Waals surface area contributed by atoms with Gasteiger partial charge in [0.15, 0.2) is 0 Å². The Morgan fingerprint density at radius 1 is 1.04 bits per heavy atom. The number of nitrogens with one attached hydrogen (secondary N) is 2. The van der Waals surface area contributed by atoms with Gasteiger partial charge in [0, 0.05) is 40.5 Å². The average molecular weight is 353 g/mol. The monoisotopic (exact) mass is 352 g/mol. The molecule has 0 fully saturated rings. The quantitative estimate of drug-likeness (QED) is 0.325. The van der Waals surface area contributed by atoms with Gasteiger partial charge in [-0.25, -0.2) is 0 Å². The summed E-state index contributed by atoms with van der Waals surface area (Å²) in [7, 11) is 2.52. The highest BCUT2D eigenvalue weighted by molar-refractivity contribution is 6.60. The second-order valence-electron chi connectivity index (χ2n) is 5.79. The first kappa shape index (κ1) is 21.0. The highest BCUT2D eigenvalue weighted by Gasteiger charge is 2.36. The molecule has 0 saturated heterocycles. The van der Waals surface area contributed by atoms with E-state index in [0.29, 0.717) is 0 Å². The summed E-state index contributed by atoms with van der Waals surface area (Å²) in [6.07, 6.45) is 0.963.